The molecule has 0 unspecified atom stereocenters. The third kappa shape index (κ3) is 4.93. The van der Waals surface area contributed by atoms with Crippen LogP contribution in [0, 0.1) is 22.7 Å². The van der Waals surface area contributed by atoms with E-state index in [4.69, 9.17) is 10.00 Å². The van der Waals surface area contributed by atoms with Gasteiger partial charge in [-0.15, -0.1) is 0 Å². The second-order valence-corrected chi connectivity index (χ2v) is 7.32. The predicted molar refractivity (Wildman–Crippen MR) is 132 cm³/mol. The fourth-order valence-corrected chi connectivity index (χ4v) is 3.55. The zero-order chi connectivity index (χ0) is 23.0. The summed E-state index contributed by atoms with van der Waals surface area (Å²) in [4.78, 5) is 2.18. The molecule has 0 aliphatic heterocycles. The lowest BCUT2D eigenvalue weighted by molar-refractivity contribution is 0.415. The van der Waals surface area contributed by atoms with Gasteiger partial charge in [0.2, 0.25) is 0 Å². The molecular weight excluding hydrogens is 406 g/mol. The minimum absolute atomic E-state index is 0.530. The first-order valence-corrected chi connectivity index (χ1v) is 10.4. The van der Waals surface area contributed by atoms with Gasteiger partial charge in [-0.25, -0.2) is 0 Å². The number of anilines is 3. The summed E-state index contributed by atoms with van der Waals surface area (Å²) in [6.07, 6.45) is 3.81. The Balaban J connectivity index is 1.65. The van der Waals surface area contributed by atoms with E-state index >= 15 is 0 Å². The number of nitriles is 2. The second-order valence-electron chi connectivity index (χ2n) is 7.32. The molecule has 4 nitrogen and oxygen atoms in total. The highest BCUT2D eigenvalue weighted by Crippen LogP contribution is 2.35. The van der Waals surface area contributed by atoms with Gasteiger partial charge in [0.25, 0.3) is 0 Å². The Bertz CT molecular complexity index is 1340. The smallest absolute Gasteiger partial charge is 0.119 e. The van der Waals surface area contributed by atoms with Crippen molar-refractivity contribution in [2.24, 2.45) is 0 Å². The minimum Gasteiger partial charge on any atom is -0.497 e. The van der Waals surface area contributed by atoms with Crippen molar-refractivity contribution >= 4 is 29.2 Å². The van der Waals surface area contributed by atoms with Gasteiger partial charge in [0.15, 0.2) is 0 Å². The molecule has 0 N–H and O–H groups in total. The lowest BCUT2D eigenvalue weighted by Gasteiger charge is -2.25. The molecule has 0 heterocycles. The maximum absolute atomic E-state index is 9.35. The Morgan fingerprint density at radius 3 is 1.94 bits per heavy atom. The van der Waals surface area contributed by atoms with Crippen molar-refractivity contribution in [1.29, 1.82) is 10.5 Å². The average Bonchev–Trinajstić information content (AvgIpc) is 2.89. The van der Waals surface area contributed by atoms with Crippen molar-refractivity contribution in [2.75, 3.05) is 12.0 Å². The summed E-state index contributed by atoms with van der Waals surface area (Å²) in [5, 5.41) is 18.5. The van der Waals surface area contributed by atoms with E-state index in [0.29, 0.717) is 11.1 Å². The molecule has 4 heteroatoms. The number of hydrogen-bond acceptors (Lipinski definition) is 4. The third-order valence-electron chi connectivity index (χ3n) is 5.25. The predicted octanol–water partition coefficient (Wildman–Crippen LogP) is 7.08. The normalized spacial score (nSPS) is 10.4. The Labute approximate surface area is 193 Å². The van der Waals surface area contributed by atoms with Crippen LogP contribution in [-0.2, 0) is 0 Å². The maximum Gasteiger partial charge on any atom is 0.119 e. The second kappa shape index (κ2) is 10.0. The molecule has 0 spiro atoms. The Morgan fingerprint density at radius 2 is 1.33 bits per heavy atom. The van der Waals surface area contributed by atoms with Crippen LogP contribution < -0.4 is 9.64 Å². The van der Waals surface area contributed by atoms with Crippen molar-refractivity contribution in [1.82, 2.24) is 0 Å². The summed E-state index contributed by atoms with van der Waals surface area (Å²) in [5.41, 5.74) is 5.89. The summed E-state index contributed by atoms with van der Waals surface area (Å²) in [7, 11) is 1.66. The van der Waals surface area contributed by atoms with Gasteiger partial charge in [-0.3, -0.25) is 0 Å². The molecule has 0 saturated heterocycles. The van der Waals surface area contributed by atoms with Crippen molar-refractivity contribution < 1.29 is 4.74 Å². The summed E-state index contributed by atoms with van der Waals surface area (Å²) < 4.78 is 5.31. The van der Waals surface area contributed by atoms with E-state index in [-0.39, 0.29) is 0 Å². The highest BCUT2D eigenvalue weighted by Gasteiger charge is 2.12. The van der Waals surface area contributed by atoms with Crippen LogP contribution in [0.3, 0.4) is 0 Å². The highest BCUT2D eigenvalue weighted by atomic mass is 16.5. The SMILES string of the molecule is COc1ccc(N(c2ccccc2)c2ccc(C=Cc3cc(C#N)ccc3C#N)cc2)cc1. The molecule has 0 bridgehead atoms. The molecule has 0 saturated carbocycles. The van der Waals surface area contributed by atoms with Gasteiger partial charge in [0, 0.05) is 17.1 Å². The molecule has 4 aromatic rings. The van der Waals surface area contributed by atoms with Crippen molar-refractivity contribution in [2.45, 2.75) is 0 Å². The van der Waals surface area contributed by atoms with Crippen LogP contribution >= 0.6 is 0 Å². The van der Waals surface area contributed by atoms with Gasteiger partial charge in [0.1, 0.15) is 5.75 Å². The van der Waals surface area contributed by atoms with E-state index in [2.05, 4.69) is 41.3 Å². The zero-order valence-electron chi connectivity index (χ0n) is 18.1. The van der Waals surface area contributed by atoms with Crippen LogP contribution in [0.25, 0.3) is 12.2 Å². The number of rotatable bonds is 6. The summed E-state index contributed by atoms with van der Waals surface area (Å²) in [6, 6.07) is 35.7. The number of nitrogens with zero attached hydrogens (tertiary/aromatic N) is 3. The molecule has 0 radical (unpaired) electrons. The van der Waals surface area contributed by atoms with Gasteiger partial charge in [0.05, 0.1) is 30.4 Å². The first kappa shape index (κ1) is 21.4. The first-order valence-electron chi connectivity index (χ1n) is 10.4. The number of benzene rings is 4. The molecule has 0 aliphatic carbocycles. The molecule has 33 heavy (non-hydrogen) atoms. The van der Waals surface area contributed by atoms with Gasteiger partial charge >= 0.3 is 0 Å². The van der Waals surface area contributed by atoms with Crippen LogP contribution in [0.5, 0.6) is 5.75 Å². The van der Waals surface area contributed by atoms with Crippen molar-refractivity contribution in [3.63, 3.8) is 0 Å². The number of para-hydroxylation sites is 1. The molecule has 158 valence electrons. The van der Waals surface area contributed by atoms with Crippen molar-refractivity contribution in [3.05, 3.63) is 119 Å². The lowest BCUT2D eigenvalue weighted by Crippen LogP contribution is -2.09. The van der Waals surface area contributed by atoms with Crippen LogP contribution in [0.2, 0.25) is 0 Å². The van der Waals surface area contributed by atoms with Crippen LogP contribution in [0.4, 0.5) is 17.1 Å². The molecule has 4 rings (SSSR count). The van der Waals surface area contributed by atoms with Gasteiger partial charge in [-0.05, 0) is 77.9 Å². The van der Waals surface area contributed by atoms with Crippen molar-refractivity contribution in [3.8, 4) is 17.9 Å². The highest BCUT2D eigenvalue weighted by molar-refractivity contribution is 5.79. The van der Waals surface area contributed by atoms with Crippen LogP contribution in [0.1, 0.15) is 22.3 Å². The van der Waals surface area contributed by atoms with E-state index in [0.717, 1.165) is 33.9 Å². The molecule has 0 amide bonds. The van der Waals surface area contributed by atoms with Crippen LogP contribution in [-0.4, -0.2) is 7.11 Å². The number of hydrogen-bond donors (Lipinski definition) is 0. The molecule has 0 aromatic heterocycles. The van der Waals surface area contributed by atoms with E-state index in [1.807, 2.05) is 66.7 Å². The standard InChI is InChI=1S/C29H21N3O/c1-33-29-17-15-28(16-18-29)32(26-5-3-2-4-6-26)27-13-9-22(10-14-27)7-11-24-19-23(20-30)8-12-25(24)21-31/h2-19H,1H3. The Kier molecular flexibility index (Phi) is 6.50. The topological polar surface area (TPSA) is 60.0 Å². The van der Waals surface area contributed by atoms with E-state index in [1.54, 1.807) is 25.3 Å². The summed E-state index contributed by atoms with van der Waals surface area (Å²) in [6.45, 7) is 0. The number of ether oxygens (including phenoxy) is 1. The number of methoxy groups -OCH3 is 1. The molecule has 0 atom stereocenters. The quantitative estimate of drug-likeness (QED) is 0.309. The Hall–Kier alpha value is -4.80. The monoisotopic (exact) mass is 427 g/mol. The largest absolute Gasteiger partial charge is 0.497 e. The molecule has 4 aromatic carbocycles. The van der Waals surface area contributed by atoms with E-state index in [9.17, 15) is 5.26 Å². The lowest BCUT2D eigenvalue weighted by atomic mass is 10.0. The fourth-order valence-electron chi connectivity index (χ4n) is 3.55. The van der Waals surface area contributed by atoms with Crippen LogP contribution in [0.15, 0.2) is 97.1 Å². The summed E-state index contributed by atoms with van der Waals surface area (Å²) in [5.74, 6) is 0.810. The molecule has 0 aliphatic rings. The average molecular weight is 428 g/mol. The zero-order valence-corrected chi connectivity index (χ0v) is 18.1. The molecule has 0 fully saturated rings. The minimum atomic E-state index is 0.530. The maximum atomic E-state index is 9.35. The van der Waals surface area contributed by atoms with Gasteiger partial charge in [-0.1, -0.05) is 42.5 Å². The first-order chi connectivity index (χ1) is 16.2. The molecular formula is C29H21N3O. The fraction of sp³-hybridized carbons (Fsp3) is 0.0345. The van der Waals surface area contributed by atoms with E-state index in [1.165, 1.54) is 0 Å². The third-order valence-corrected chi connectivity index (χ3v) is 5.25. The van der Waals surface area contributed by atoms with Gasteiger partial charge < -0.3 is 9.64 Å². The van der Waals surface area contributed by atoms with Gasteiger partial charge in [-0.2, -0.15) is 10.5 Å². The van der Waals surface area contributed by atoms with E-state index < -0.39 is 0 Å². The Morgan fingerprint density at radius 1 is 0.697 bits per heavy atom. The summed E-state index contributed by atoms with van der Waals surface area (Å²) >= 11 is 0.